The summed E-state index contributed by atoms with van der Waals surface area (Å²) < 4.78 is 0. The second-order valence-corrected chi connectivity index (χ2v) is 6.50. The largest absolute Gasteiger partial charge is 0.310 e. The molecule has 0 aliphatic rings. The molecule has 1 atom stereocenters. The van der Waals surface area contributed by atoms with Crippen LogP contribution in [0.25, 0.3) is 0 Å². The molecule has 0 fully saturated rings. The number of rotatable bonds is 11. The van der Waals surface area contributed by atoms with Crippen molar-refractivity contribution < 1.29 is 0 Å². The van der Waals surface area contributed by atoms with Crippen LogP contribution in [0.1, 0.15) is 82.4 Å². The highest BCUT2D eigenvalue weighted by molar-refractivity contribution is 6.30. The molecule has 0 spiro atoms. The van der Waals surface area contributed by atoms with E-state index in [9.17, 15) is 0 Å². The van der Waals surface area contributed by atoms with Crippen molar-refractivity contribution in [2.45, 2.75) is 78.2 Å². The summed E-state index contributed by atoms with van der Waals surface area (Å²) in [6.45, 7) is 7.75. The molecule has 1 aromatic carbocycles. The molecule has 0 amide bonds. The standard InChI is InChI=1S/C19H32ClN/c1-4-6-7-8-9-10-11-19(21-14-5-2)18-13-12-17(20)15-16(18)3/h12-13,15,19,21H,4-11,14H2,1-3H3. The number of halogens is 1. The Kier molecular flexibility index (Phi) is 9.78. The minimum Gasteiger partial charge on any atom is -0.310 e. The number of unbranched alkanes of at least 4 members (excludes halogenated alkanes) is 5. The van der Waals surface area contributed by atoms with Crippen LogP contribution in [0.2, 0.25) is 5.02 Å². The van der Waals surface area contributed by atoms with Crippen LogP contribution >= 0.6 is 11.6 Å². The predicted octanol–water partition coefficient (Wildman–Crippen LogP) is 6.44. The molecule has 0 saturated heterocycles. The monoisotopic (exact) mass is 309 g/mol. The second kappa shape index (κ2) is 11.1. The van der Waals surface area contributed by atoms with Gasteiger partial charge in [-0.2, -0.15) is 0 Å². The van der Waals surface area contributed by atoms with E-state index in [0.717, 1.165) is 11.6 Å². The predicted molar refractivity (Wildman–Crippen MR) is 95.2 cm³/mol. The zero-order valence-electron chi connectivity index (χ0n) is 14.1. The Hall–Kier alpha value is -0.530. The van der Waals surface area contributed by atoms with Gasteiger partial charge in [0.15, 0.2) is 0 Å². The van der Waals surface area contributed by atoms with E-state index in [0.29, 0.717) is 6.04 Å². The van der Waals surface area contributed by atoms with Gasteiger partial charge in [0.1, 0.15) is 0 Å². The molecule has 1 nitrogen and oxygen atoms in total. The first-order chi connectivity index (χ1) is 10.2. The lowest BCUT2D eigenvalue weighted by Gasteiger charge is -2.21. The Morgan fingerprint density at radius 1 is 1.00 bits per heavy atom. The minimum absolute atomic E-state index is 0.480. The fraction of sp³-hybridized carbons (Fsp3) is 0.684. The second-order valence-electron chi connectivity index (χ2n) is 6.06. The van der Waals surface area contributed by atoms with Gasteiger partial charge in [0.2, 0.25) is 0 Å². The van der Waals surface area contributed by atoms with E-state index >= 15 is 0 Å². The van der Waals surface area contributed by atoms with E-state index in [4.69, 9.17) is 11.6 Å². The van der Waals surface area contributed by atoms with Gasteiger partial charge in [-0.05, 0) is 49.6 Å². The molecule has 2 heteroatoms. The molecule has 1 unspecified atom stereocenters. The van der Waals surface area contributed by atoms with Gasteiger partial charge < -0.3 is 5.32 Å². The number of nitrogens with one attached hydrogen (secondary N) is 1. The van der Waals surface area contributed by atoms with Crippen molar-refractivity contribution in [3.63, 3.8) is 0 Å². The summed E-state index contributed by atoms with van der Waals surface area (Å²) in [5.74, 6) is 0. The first-order valence-electron chi connectivity index (χ1n) is 8.68. The van der Waals surface area contributed by atoms with Crippen molar-refractivity contribution in [1.82, 2.24) is 5.32 Å². The zero-order valence-corrected chi connectivity index (χ0v) is 14.8. The van der Waals surface area contributed by atoms with Crippen molar-refractivity contribution in [3.8, 4) is 0 Å². The fourth-order valence-electron chi connectivity index (χ4n) is 2.84. The van der Waals surface area contributed by atoms with Crippen LogP contribution in [0.3, 0.4) is 0 Å². The lowest BCUT2D eigenvalue weighted by molar-refractivity contribution is 0.465. The Morgan fingerprint density at radius 2 is 1.71 bits per heavy atom. The van der Waals surface area contributed by atoms with E-state index in [-0.39, 0.29) is 0 Å². The van der Waals surface area contributed by atoms with Crippen LogP contribution in [0.4, 0.5) is 0 Å². The maximum Gasteiger partial charge on any atom is 0.0408 e. The molecule has 1 N–H and O–H groups in total. The summed E-state index contributed by atoms with van der Waals surface area (Å²) in [5, 5.41) is 4.54. The van der Waals surface area contributed by atoms with Crippen LogP contribution in [-0.4, -0.2) is 6.54 Å². The molecular weight excluding hydrogens is 278 g/mol. The third kappa shape index (κ3) is 7.33. The van der Waals surface area contributed by atoms with Crippen molar-refractivity contribution in [2.24, 2.45) is 0 Å². The highest BCUT2D eigenvalue weighted by atomic mass is 35.5. The first-order valence-corrected chi connectivity index (χ1v) is 9.06. The number of hydrogen-bond donors (Lipinski definition) is 1. The summed E-state index contributed by atoms with van der Waals surface area (Å²) in [6.07, 6.45) is 10.6. The fourth-order valence-corrected chi connectivity index (χ4v) is 3.07. The van der Waals surface area contributed by atoms with Crippen molar-refractivity contribution in [1.29, 1.82) is 0 Å². The van der Waals surface area contributed by atoms with Gasteiger partial charge in [-0.3, -0.25) is 0 Å². The van der Waals surface area contributed by atoms with Gasteiger partial charge in [-0.25, -0.2) is 0 Å². The maximum absolute atomic E-state index is 6.08. The lowest BCUT2D eigenvalue weighted by atomic mass is 9.96. The molecule has 0 aromatic heterocycles. The highest BCUT2D eigenvalue weighted by Gasteiger charge is 2.12. The number of hydrogen-bond acceptors (Lipinski definition) is 1. The Labute approximate surface area is 136 Å². The van der Waals surface area contributed by atoms with E-state index in [1.165, 1.54) is 62.5 Å². The Bertz CT molecular complexity index is 389. The summed E-state index contributed by atoms with van der Waals surface area (Å²) in [4.78, 5) is 0. The molecule has 1 rings (SSSR count). The van der Waals surface area contributed by atoms with Crippen LogP contribution in [0, 0.1) is 6.92 Å². The van der Waals surface area contributed by atoms with E-state index < -0.39 is 0 Å². The third-order valence-corrected chi connectivity index (χ3v) is 4.33. The quantitative estimate of drug-likeness (QED) is 0.464. The Morgan fingerprint density at radius 3 is 2.38 bits per heavy atom. The van der Waals surface area contributed by atoms with Crippen molar-refractivity contribution >= 4 is 11.6 Å². The van der Waals surface area contributed by atoms with Gasteiger partial charge in [-0.1, -0.05) is 70.0 Å². The SMILES string of the molecule is CCCCCCCCC(NCCC)c1ccc(Cl)cc1C. The molecule has 0 aliphatic carbocycles. The topological polar surface area (TPSA) is 12.0 Å². The normalized spacial score (nSPS) is 12.6. The van der Waals surface area contributed by atoms with Gasteiger partial charge in [0.05, 0.1) is 0 Å². The van der Waals surface area contributed by atoms with Gasteiger partial charge in [0, 0.05) is 11.1 Å². The average Bonchev–Trinajstić information content (AvgIpc) is 2.46. The highest BCUT2D eigenvalue weighted by Crippen LogP contribution is 2.25. The van der Waals surface area contributed by atoms with Crippen LogP contribution in [-0.2, 0) is 0 Å². The van der Waals surface area contributed by atoms with Gasteiger partial charge in [0.25, 0.3) is 0 Å². The molecule has 0 bridgehead atoms. The molecule has 21 heavy (non-hydrogen) atoms. The molecule has 0 heterocycles. The molecule has 0 aliphatic heterocycles. The van der Waals surface area contributed by atoms with Crippen molar-refractivity contribution in [2.75, 3.05) is 6.54 Å². The maximum atomic E-state index is 6.08. The Balaban J connectivity index is 2.50. The number of aryl methyl sites for hydroxylation is 1. The van der Waals surface area contributed by atoms with Crippen LogP contribution < -0.4 is 5.32 Å². The molecule has 1 aromatic rings. The lowest BCUT2D eigenvalue weighted by Crippen LogP contribution is -2.22. The average molecular weight is 310 g/mol. The molecule has 0 saturated carbocycles. The van der Waals surface area contributed by atoms with E-state index in [1.807, 2.05) is 6.07 Å². The van der Waals surface area contributed by atoms with Crippen LogP contribution in [0.15, 0.2) is 18.2 Å². The number of benzene rings is 1. The summed E-state index contributed by atoms with van der Waals surface area (Å²) in [7, 11) is 0. The molecule has 120 valence electrons. The summed E-state index contributed by atoms with van der Waals surface area (Å²) in [6, 6.07) is 6.78. The van der Waals surface area contributed by atoms with Crippen molar-refractivity contribution in [3.05, 3.63) is 34.3 Å². The molecule has 0 radical (unpaired) electrons. The van der Waals surface area contributed by atoms with E-state index in [2.05, 4.69) is 38.2 Å². The van der Waals surface area contributed by atoms with Gasteiger partial charge >= 0.3 is 0 Å². The van der Waals surface area contributed by atoms with Gasteiger partial charge in [-0.15, -0.1) is 0 Å². The van der Waals surface area contributed by atoms with Crippen LogP contribution in [0.5, 0.6) is 0 Å². The minimum atomic E-state index is 0.480. The van der Waals surface area contributed by atoms with E-state index in [1.54, 1.807) is 0 Å². The third-order valence-electron chi connectivity index (χ3n) is 4.09. The smallest absolute Gasteiger partial charge is 0.0408 e. The summed E-state index contributed by atoms with van der Waals surface area (Å²) >= 11 is 6.08. The summed E-state index contributed by atoms with van der Waals surface area (Å²) in [5.41, 5.74) is 2.73. The molecular formula is C19H32ClN. The first kappa shape index (κ1) is 18.5. The zero-order chi connectivity index (χ0) is 15.5.